The summed E-state index contributed by atoms with van der Waals surface area (Å²) in [7, 11) is 0. The molecule has 0 aliphatic heterocycles. The molecule has 0 atom stereocenters. The summed E-state index contributed by atoms with van der Waals surface area (Å²) < 4.78 is 19.9. The summed E-state index contributed by atoms with van der Waals surface area (Å²) >= 11 is 2.29. The Hall–Kier alpha value is -2.86. The van der Waals surface area contributed by atoms with Gasteiger partial charge in [0.25, 0.3) is 5.91 Å². The van der Waals surface area contributed by atoms with Gasteiger partial charge in [-0.25, -0.2) is 14.1 Å². The number of rotatable bonds is 7. The Labute approximate surface area is 167 Å². The Morgan fingerprint density at radius 3 is 2.75 bits per heavy atom. The lowest BCUT2D eigenvalue weighted by Crippen LogP contribution is -2.14. The fourth-order valence-electron chi connectivity index (χ4n) is 2.11. The van der Waals surface area contributed by atoms with Crippen LogP contribution in [0.2, 0.25) is 0 Å². The summed E-state index contributed by atoms with van der Waals surface area (Å²) in [5.74, 6) is -0.745. The van der Waals surface area contributed by atoms with Crippen molar-refractivity contribution in [1.29, 1.82) is 0 Å². The molecule has 1 amide bonds. The van der Waals surface area contributed by atoms with Crippen molar-refractivity contribution < 1.29 is 18.7 Å². The van der Waals surface area contributed by atoms with Gasteiger partial charge in [0.15, 0.2) is 4.34 Å². The lowest BCUT2D eigenvalue weighted by Gasteiger charge is -2.01. The summed E-state index contributed by atoms with van der Waals surface area (Å²) in [5, 5.41) is 14.7. The van der Waals surface area contributed by atoms with Gasteiger partial charge in [-0.2, -0.15) is 0 Å². The third-order valence-electron chi connectivity index (χ3n) is 3.29. The highest BCUT2D eigenvalue weighted by Gasteiger charge is 2.18. The van der Waals surface area contributed by atoms with Gasteiger partial charge in [-0.05, 0) is 38.1 Å². The number of amides is 1. The predicted molar refractivity (Wildman–Crippen MR) is 101 cm³/mol. The molecule has 3 rings (SSSR count). The Balaban J connectivity index is 1.65. The zero-order chi connectivity index (χ0) is 20.1. The van der Waals surface area contributed by atoms with Crippen molar-refractivity contribution in [3.8, 4) is 5.69 Å². The number of anilines is 1. The first-order chi connectivity index (χ1) is 13.5. The molecule has 1 N–H and O–H groups in total. The second kappa shape index (κ2) is 8.89. The molecule has 0 saturated carbocycles. The molecule has 28 heavy (non-hydrogen) atoms. The lowest BCUT2D eigenvalue weighted by molar-refractivity contribution is -0.139. The van der Waals surface area contributed by atoms with E-state index in [2.05, 4.69) is 25.6 Å². The Kier molecular flexibility index (Phi) is 6.31. The standard InChI is InChI=1S/C16H15FN6O3S2/c1-3-26-12(24)8-27-16-21-20-15(28-16)19-14(25)13-18-9(2)23(22-13)11-6-4-10(17)5-7-11/h4-7H,3,8H2,1-2H3,(H,19,20,25). The first kappa shape index (κ1) is 19.9. The van der Waals surface area contributed by atoms with Crippen molar-refractivity contribution in [1.82, 2.24) is 25.0 Å². The monoisotopic (exact) mass is 422 g/mol. The van der Waals surface area contributed by atoms with E-state index in [1.807, 2.05) is 0 Å². The highest BCUT2D eigenvalue weighted by atomic mass is 32.2. The smallest absolute Gasteiger partial charge is 0.316 e. The van der Waals surface area contributed by atoms with Gasteiger partial charge in [-0.15, -0.1) is 15.3 Å². The predicted octanol–water partition coefficient (Wildman–Crippen LogP) is 2.47. The van der Waals surface area contributed by atoms with E-state index >= 15 is 0 Å². The summed E-state index contributed by atoms with van der Waals surface area (Å²) in [5.41, 5.74) is 0.582. The number of thioether (sulfide) groups is 1. The van der Waals surface area contributed by atoms with Gasteiger partial charge in [-0.1, -0.05) is 23.1 Å². The van der Waals surface area contributed by atoms with E-state index in [0.717, 1.165) is 11.3 Å². The molecular weight excluding hydrogens is 407 g/mol. The highest BCUT2D eigenvalue weighted by Crippen LogP contribution is 2.25. The second-order valence-corrected chi connectivity index (χ2v) is 7.49. The molecule has 0 aliphatic carbocycles. The maximum absolute atomic E-state index is 13.1. The number of nitrogens with zero attached hydrogens (tertiary/aromatic N) is 5. The van der Waals surface area contributed by atoms with E-state index in [-0.39, 0.29) is 28.5 Å². The molecule has 146 valence electrons. The van der Waals surface area contributed by atoms with E-state index in [0.29, 0.717) is 22.5 Å². The molecule has 0 radical (unpaired) electrons. The van der Waals surface area contributed by atoms with Crippen LogP contribution in [-0.4, -0.2) is 49.2 Å². The molecule has 1 aromatic carbocycles. The summed E-state index contributed by atoms with van der Waals surface area (Å²) in [6, 6.07) is 5.67. The van der Waals surface area contributed by atoms with Crippen LogP contribution in [-0.2, 0) is 9.53 Å². The van der Waals surface area contributed by atoms with Gasteiger partial charge in [0.2, 0.25) is 11.0 Å². The molecular formula is C16H15FN6O3S2. The largest absolute Gasteiger partial charge is 0.465 e. The van der Waals surface area contributed by atoms with Gasteiger partial charge in [0.05, 0.1) is 18.0 Å². The van der Waals surface area contributed by atoms with Crippen LogP contribution < -0.4 is 5.32 Å². The van der Waals surface area contributed by atoms with Crippen molar-refractivity contribution in [2.45, 2.75) is 18.2 Å². The molecule has 0 spiro atoms. The zero-order valence-corrected chi connectivity index (χ0v) is 16.5. The van der Waals surface area contributed by atoms with E-state index in [4.69, 9.17) is 4.74 Å². The third kappa shape index (κ3) is 4.89. The number of ether oxygens (including phenoxy) is 1. The lowest BCUT2D eigenvalue weighted by atomic mass is 10.3. The van der Waals surface area contributed by atoms with Crippen LogP contribution in [0.25, 0.3) is 5.69 Å². The van der Waals surface area contributed by atoms with E-state index in [9.17, 15) is 14.0 Å². The average molecular weight is 422 g/mol. The Bertz CT molecular complexity index is 989. The van der Waals surface area contributed by atoms with Crippen LogP contribution >= 0.6 is 23.1 Å². The molecule has 0 aliphatic rings. The fourth-order valence-corrected chi connectivity index (χ4v) is 3.65. The maximum Gasteiger partial charge on any atom is 0.316 e. The number of halogens is 1. The number of hydrogen-bond donors (Lipinski definition) is 1. The third-order valence-corrected chi connectivity index (χ3v) is 5.23. The van der Waals surface area contributed by atoms with Crippen molar-refractivity contribution in [3.63, 3.8) is 0 Å². The maximum atomic E-state index is 13.1. The highest BCUT2D eigenvalue weighted by molar-refractivity contribution is 8.01. The van der Waals surface area contributed by atoms with E-state index in [1.165, 1.54) is 40.7 Å². The van der Waals surface area contributed by atoms with Crippen LogP contribution in [0.3, 0.4) is 0 Å². The van der Waals surface area contributed by atoms with Gasteiger partial charge in [-0.3, -0.25) is 14.9 Å². The van der Waals surface area contributed by atoms with Crippen LogP contribution in [0.1, 0.15) is 23.4 Å². The number of esters is 1. The molecule has 0 bridgehead atoms. The van der Waals surface area contributed by atoms with Crippen molar-refractivity contribution in [2.75, 3.05) is 17.7 Å². The zero-order valence-electron chi connectivity index (χ0n) is 14.9. The number of hydrogen-bond acceptors (Lipinski definition) is 9. The van der Waals surface area contributed by atoms with Crippen LogP contribution in [0.5, 0.6) is 0 Å². The minimum atomic E-state index is -0.554. The van der Waals surface area contributed by atoms with Crippen molar-refractivity contribution in [3.05, 3.63) is 41.7 Å². The van der Waals surface area contributed by atoms with Gasteiger partial charge in [0, 0.05) is 0 Å². The molecule has 3 aromatic rings. The number of aryl methyl sites for hydroxylation is 1. The topological polar surface area (TPSA) is 112 Å². The minimum absolute atomic E-state index is 0.0576. The van der Waals surface area contributed by atoms with Crippen LogP contribution in [0.15, 0.2) is 28.6 Å². The number of carbonyl (C=O) groups excluding carboxylic acids is 2. The first-order valence-electron chi connectivity index (χ1n) is 8.09. The minimum Gasteiger partial charge on any atom is -0.465 e. The molecule has 2 heterocycles. The molecule has 0 unspecified atom stereocenters. The molecule has 9 nitrogen and oxygen atoms in total. The second-order valence-electron chi connectivity index (χ2n) is 5.29. The van der Waals surface area contributed by atoms with Crippen LogP contribution in [0.4, 0.5) is 9.52 Å². The molecule has 0 fully saturated rings. The quantitative estimate of drug-likeness (QED) is 0.351. The Morgan fingerprint density at radius 1 is 1.29 bits per heavy atom. The van der Waals surface area contributed by atoms with E-state index < -0.39 is 5.91 Å². The summed E-state index contributed by atoms with van der Waals surface area (Å²) in [6.45, 7) is 3.73. The first-order valence-corrected chi connectivity index (χ1v) is 9.89. The molecule has 2 aromatic heterocycles. The van der Waals surface area contributed by atoms with Crippen LogP contribution in [0, 0.1) is 12.7 Å². The normalized spacial score (nSPS) is 10.7. The summed E-state index contributed by atoms with van der Waals surface area (Å²) in [6.07, 6.45) is 0. The Morgan fingerprint density at radius 2 is 2.04 bits per heavy atom. The van der Waals surface area contributed by atoms with Gasteiger partial charge >= 0.3 is 5.97 Å². The molecule has 12 heteroatoms. The fraction of sp³-hybridized carbons (Fsp3) is 0.250. The van der Waals surface area contributed by atoms with E-state index in [1.54, 1.807) is 13.8 Å². The van der Waals surface area contributed by atoms with Gasteiger partial charge in [0.1, 0.15) is 11.6 Å². The average Bonchev–Trinajstić information content (AvgIpc) is 3.27. The van der Waals surface area contributed by atoms with Gasteiger partial charge < -0.3 is 4.74 Å². The summed E-state index contributed by atoms with van der Waals surface area (Å²) in [4.78, 5) is 27.9. The molecule has 0 saturated heterocycles. The number of benzene rings is 1. The number of aromatic nitrogens is 5. The number of carbonyl (C=O) groups is 2. The SMILES string of the molecule is CCOC(=O)CSc1nnc(NC(=O)c2nc(C)n(-c3ccc(F)cc3)n2)s1. The number of nitrogens with one attached hydrogen (secondary N) is 1. The van der Waals surface area contributed by atoms with Crippen molar-refractivity contribution >= 4 is 40.1 Å². The van der Waals surface area contributed by atoms with Crippen molar-refractivity contribution in [2.24, 2.45) is 0 Å².